The number of rotatable bonds is 5. The molecule has 3 N–H and O–H groups in total. The van der Waals surface area contributed by atoms with Gasteiger partial charge in [0.2, 0.25) is 0 Å². The lowest BCUT2D eigenvalue weighted by molar-refractivity contribution is 0.0339. The maximum Gasteiger partial charge on any atom is 0.124 e. The molecule has 20 heavy (non-hydrogen) atoms. The van der Waals surface area contributed by atoms with Crippen molar-refractivity contribution >= 4 is 0 Å². The number of aromatic hydroxyl groups is 2. The van der Waals surface area contributed by atoms with E-state index in [-0.39, 0.29) is 17.5 Å². The fourth-order valence-electron chi connectivity index (χ4n) is 2.64. The molecule has 0 bridgehead atoms. The van der Waals surface area contributed by atoms with Gasteiger partial charge in [0.1, 0.15) is 11.5 Å². The molecule has 0 saturated carbocycles. The molecule has 0 aromatic heterocycles. The van der Waals surface area contributed by atoms with Crippen molar-refractivity contribution in [2.24, 2.45) is 0 Å². The first kappa shape index (κ1) is 15.1. The molecule has 1 aliphatic rings. The average molecular weight is 280 g/mol. The monoisotopic (exact) mass is 280 g/mol. The number of hydrogen-bond acceptors (Lipinski definition) is 5. The molecule has 1 aliphatic heterocycles. The fourth-order valence-corrected chi connectivity index (χ4v) is 2.64. The van der Waals surface area contributed by atoms with Crippen LogP contribution in [0, 0.1) is 0 Å². The minimum absolute atomic E-state index is 0.0339. The summed E-state index contributed by atoms with van der Waals surface area (Å²) in [4.78, 5) is 2.38. The van der Waals surface area contributed by atoms with Crippen LogP contribution in [0.2, 0.25) is 0 Å². The lowest BCUT2D eigenvalue weighted by atomic mass is 10.1. The highest BCUT2D eigenvalue weighted by Crippen LogP contribution is 2.27. The van der Waals surface area contributed by atoms with E-state index >= 15 is 0 Å². The molecule has 1 aromatic rings. The zero-order valence-electron chi connectivity index (χ0n) is 12.2. The van der Waals surface area contributed by atoms with Gasteiger partial charge in [0.05, 0.1) is 13.2 Å². The van der Waals surface area contributed by atoms with Gasteiger partial charge in [-0.1, -0.05) is 6.07 Å². The summed E-state index contributed by atoms with van der Waals surface area (Å²) < 4.78 is 5.34. The molecular weight excluding hydrogens is 256 g/mol. The van der Waals surface area contributed by atoms with Gasteiger partial charge in [0.25, 0.3) is 0 Å². The third-order valence-corrected chi connectivity index (χ3v) is 3.65. The van der Waals surface area contributed by atoms with Gasteiger partial charge < -0.3 is 20.3 Å². The van der Waals surface area contributed by atoms with Crippen LogP contribution in [0.3, 0.4) is 0 Å². The van der Waals surface area contributed by atoms with Crippen LogP contribution in [0.15, 0.2) is 18.2 Å². The van der Waals surface area contributed by atoms with E-state index in [0.717, 1.165) is 38.4 Å². The lowest BCUT2D eigenvalue weighted by Crippen LogP contribution is -2.44. The Balaban J connectivity index is 1.87. The van der Waals surface area contributed by atoms with Crippen molar-refractivity contribution in [1.29, 1.82) is 0 Å². The normalized spacial score (nSPS) is 19.7. The molecule has 2 atom stereocenters. The standard InChI is InChI=1S/C15H24N2O3/c1-11(10-17-5-7-20-8-6-17)16-12(2)14-4-3-13(18)9-15(14)19/h3-4,9,11-12,16,18-19H,5-8,10H2,1-2H3. The van der Waals surface area contributed by atoms with Crippen LogP contribution in [0.5, 0.6) is 11.5 Å². The number of nitrogens with one attached hydrogen (secondary N) is 1. The van der Waals surface area contributed by atoms with Crippen LogP contribution >= 0.6 is 0 Å². The molecule has 5 nitrogen and oxygen atoms in total. The van der Waals surface area contributed by atoms with Crippen molar-refractivity contribution in [2.45, 2.75) is 25.9 Å². The molecule has 112 valence electrons. The minimum atomic E-state index is 0.0339. The van der Waals surface area contributed by atoms with Crippen LogP contribution in [0.1, 0.15) is 25.5 Å². The van der Waals surface area contributed by atoms with E-state index < -0.39 is 0 Å². The maximum atomic E-state index is 9.87. The maximum absolute atomic E-state index is 9.87. The quantitative estimate of drug-likeness (QED) is 0.762. The zero-order valence-corrected chi connectivity index (χ0v) is 12.2. The zero-order chi connectivity index (χ0) is 14.5. The summed E-state index contributed by atoms with van der Waals surface area (Å²) in [7, 11) is 0. The Bertz CT molecular complexity index is 433. The number of benzene rings is 1. The molecule has 0 radical (unpaired) electrons. The van der Waals surface area contributed by atoms with E-state index in [0.29, 0.717) is 6.04 Å². The van der Waals surface area contributed by atoms with Crippen molar-refractivity contribution in [3.63, 3.8) is 0 Å². The van der Waals surface area contributed by atoms with E-state index in [1.165, 1.54) is 6.07 Å². The van der Waals surface area contributed by atoms with E-state index in [2.05, 4.69) is 17.1 Å². The molecule has 2 rings (SSSR count). The van der Waals surface area contributed by atoms with Crippen molar-refractivity contribution in [2.75, 3.05) is 32.8 Å². The van der Waals surface area contributed by atoms with Crippen molar-refractivity contribution in [3.8, 4) is 11.5 Å². The van der Waals surface area contributed by atoms with Gasteiger partial charge in [0, 0.05) is 43.3 Å². The first-order chi connectivity index (χ1) is 9.56. The first-order valence-corrected chi connectivity index (χ1v) is 7.14. The summed E-state index contributed by atoms with van der Waals surface area (Å²) >= 11 is 0. The third-order valence-electron chi connectivity index (χ3n) is 3.65. The van der Waals surface area contributed by atoms with Gasteiger partial charge in [-0.3, -0.25) is 4.90 Å². The minimum Gasteiger partial charge on any atom is -0.508 e. The van der Waals surface area contributed by atoms with Gasteiger partial charge >= 0.3 is 0 Å². The van der Waals surface area contributed by atoms with Crippen molar-refractivity contribution < 1.29 is 14.9 Å². The summed E-state index contributed by atoms with van der Waals surface area (Å²) in [5, 5.41) is 22.7. The molecule has 0 amide bonds. The highest BCUT2D eigenvalue weighted by molar-refractivity contribution is 5.40. The SMILES string of the molecule is CC(CN1CCOCC1)NC(C)c1ccc(O)cc1O. The Morgan fingerprint density at radius 2 is 1.95 bits per heavy atom. The fraction of sp³-hybridized carbons (Fsp3) is 0.600. The molecule has 1 fully saturated rings. The number of hydrogen-bond donors (Lipinski definition) is 3. The van der Waals surface area contributed by atoms with Crippen LogP contribution in [-0.4, -0.2) is 54.0 Å². The second-order valence-corrected chi connectivity index (χ2v) is 5.45. The van der Waals surface area contributed by atoms with E-state index in [9.17, 15) is 10.2 Å². The van der Waals surface area contributed by atoms with Crippen LogP contribution < -0.4 is 5.32 Å². The first-order valence-electron chi connectivity index (χ1n) is 7.14. The predicted molar refractivity (Wildman–Crippen MR) is 78.0 cm³/mol. The summed E-state index contributed by atoms with van der Waals surface area (Å²) in [5.74, 6) is 0.211. The molecule has 2 unspecified atom stereocenters. The van der Waals surface area contributed by atoms with Gasteiger partial charge in [0.15, 0.2) is 0 Å². The summed E-state index contributed by atoms with van der Waals surface area (Å²) in [6.07, 6.45) is 0. The Labute approximate surface area is 120 Å². The topological polar surface area (TPSA) is 65.0 Å². The van der Waals surface area contributed by atoms with Crippen molar-refractivity contribution in [3.05, 3.63) is 23.8 Å². The van der Waals surface area contributed by atoms with Crippen LogP contribution in [-0.2, 0) is 4.74 Å². The Kier molecular flexibility index (Phi) is 5.23. The lowest BCUT2D eigenvalue weighted by Gasteiger charge is -2.30. The van der Waals surface area contributed by atoms with Gasteiger partial charge in [-0.15, -0.1) is 0 Å². The summed E-state index contributed by atoms with van der Waals surface area (Å²) in [5.41, 5.74) is 0.802. The smallest absolute Gasteiger partial charge is 0.124 e. The van der Waals surface area contributed by atoms with Crippen molar-refractivity contribution in [1.82, 2.24) is 10.2 Å². The molecular formula is C15H24N2O3. The number of phenols is 2. The molecule has 1 aromatic carbocycles. The van der Waals surface area contributed by atoms with Gasteiger partial charge in [-0.05, 0) is 19.9 Å². The average Bonchev–Trinajstić information content (AvgIpc) is 2.39. The molecule has 0 spiro atoms. The summed E-state index contributed by atoms with van der Waals surface area (Å²) in [6, 6.07) is 5.08. The second kappa shape index (κ2) is 6.92. The molecule has 1 saturated heterocycles. The van der Waals surface area contributed by atoms with Gasteiger partial charge in [-0.2, -0.15) is 0 Å². The van der Waals surface area contributed by atoms with Gasteiger partial charge in [-0.25, -0.2) is 0 Å². The third kappa shape index (κ3) is 4.10. The number of ether oxygens (including phenoxy) is 1. The second-order valence-electron chi connectivity index (χ2n) is 5.45. The van der Waals surface area contributed by atoms with E-state index in [1.54, 1.807) is 12.1 Å². The Morgan fingerprint density at radius 1 is 1.25 bits per heavy atom. The largest absolute Gasteiger partial charge is 0.508 e. The molecule has 0 aliphatic carbocycles. The Hall–Kier alpha value is -1.30. The molecule has 5 heteroatoms. The number of nitrogens with zero attached hydrogens (tertiary/aromatic N) is 1. The molecule has 1 heterocycles. The predicted octanol–water partition coefficient (Wildman–Crippen LogP) is 1.47. The Morgan fingerprint density at radius 3 is 2.60 bits per heavy atom. The highest BCUT2D eigenvalue weighted by Gasteiger charge is 2.17. The van der Waals surface area contributed by atoms with Crippen LogP contribution in [0.25, 0.3) is 0 Å². The van der Waals surface area contributed by atoms with E-state index in [4.69, 9.17) is 4.74 Å². The number of morpholine rings is 1. The van der Waals surface area contributed by atoms with Crippen LogP contribution in [0.4, 0.5) is 0 Å². The van der Waals surface area contributed by atoms with E-state index in [1.807, 2.05) is 6.92 Å². The summed E-state index contributed by atoms with van der Waals surface area (Å²) in [6.45, 7) is 8.69. The highest BCUT2D eigenvalue weighted by atomic mass is 16.5. The number of phenolic OH excluding ortho intramolecular Hbond substituents is 2.